The number of fused-ring (bicyclic) bond motifs is 21. The highest BCUT2D eigenvalue weighted by atomic mass is 15.1. The Hall–Kier alpha value is -12.2. The molecule has 118 heavy (non-hydrogen) atoms. The van der Waals surface area contributed by atoms with E-state index in [1.807, 2.05) is 0 Å². The minimum absolute atomic E-state index is 0.164. The molecule has 20 rings (SSSR count). The Morgan fingerprint density at radius 2 is 0.500 bits per heavy atom. The van der Waals surface area contributed by atoms with Crippen LogP contribution < -0.4 is 16.4 Å². The first-order valence-electron chi connectivity index (χ1n) is 42.7. The van der Waals surface area contributed by atoms with Crippen molar-refractivity contribution in [3.05, 3.63) is 337 Å². The van der Waals surface area contributed by atoms with Gasteiger partial charge in [0.2, 0.25) is 0 Å². The Morgan fingerprint density at radius 3 is 0.873 bits per heavy atom. The van der Waals surface area contributed by atoms with E-state index >= 15 is 0 Å². The lowest BCUT2D eigenvalue weighted by Gasteiger charge is -2.38. The number of nitrogens with zero attached hydrogens (tertiary/aromatic N) is 3. The highest BCUT2D eigenvalue weighted by Crippen LogP contribution is 2.50. The average molecular weight is 1530 g/mol. The van der Waals surface area contributed by atoms with Gasteiger partial charge in [-0.25, -0.2) is 0 Å². The van der Waals surface area contributed by atoms with Gasteiger partial charge >= 0.3 is 0 Å². The lowest BCUT2D eigenvalue weighted by atomic mass is 9.34. The minimum Gasteiger partial charge on any atom is -0.309 e. The van der Waals surface area contributed by atoms with E-state index in [-0.39, 0.29) is 39.2 Å². The third kappa shape index (κ3) is 12.0. The molecule has 0 aliphatic carbocycles. The van der Waals surface area contributed by atoms with Gasteiger partial charge in [0.15, 0.2) is 0 Å². The summed E-state index contributed by atoms with van der Waals surface area (Å²) in [6.45, 7) is 42.6. The molecule has 0 bridgehead atoms. The van der Waals surface area contributed by atoms with Gasteiger partial charge in [0.1, 0.15) is 0 Å². The van der Waals surface area contributed by atoms with Crippen LogP contribution in [0.4, 0.5) is 0 Å². The van der Waals surface area contributed by atoms with Crippen LogP contribution >= 0.6 is 0 Å². The molecule has 0 atom stereocenters. The van der Waals surface area contributed by atoms with Crippen LogP contribution in [0.5, 0.6) is 0 Å². The van der Waals surface area contributed by atoms with Crippen molar-refractivity contribution in [3.63, 3.8) is 0 Å². The van der Waals surface area contributed by atoms with E-state index in [1.54, 1.807) is 0 Å². The number of hydrogen-bond acceptors (Lipinski definition) is 0. The van der Waals surface area contributed by atoms with E-state index in [9.17, 15) is 0 Å². The molecule has 2 aliphatic heterocycles. The van der Waals surface area contributed by atoms with Crippen molar-refractivity contribution < 1.29 is 0 Å². The summed E-state index contributed by atoms with van der Waals surface area (Å²) in [5, 5.41) is 16.7. The van der Waals surface area contributed by atoms with Crippen LogP contribution in [-0.2, 0) is 32.5 Å². The smallest absolute Gasteiger partial charge is 0.252 e. The van der Waals surface area contributed by atoms with Gasteiger partial charge in [0, 0.05) is 65.9 Å². The first kappa shape index (κ1) is 74.6. The molecule has 4 heteroatoms. The third-order valence-corrected chi connectivity index (χ3v) is 26.1. The van der Waals surface area contributed by atoms with Crippen molar-refractivity contribution in [3.8, 4) is 61.6 Å². The van der Waals surface area contributed by atoms with Crippen LogP contribution in [0.1, 0.15) is 158 Å². The SMILES string of the molecule is CC(C)(C)c1cccc(-c2cc(C(C)(C)C)cc3c4cc(C(C)(C)C)ccc4c4ccccc4c4cc(-c5ccccc5)cc5c4n(c23)-c2cc(-n3c4ccccc4c4ccccc43)cc3c2B5c2cc(-c4ccccc4)cc4c5ccccc5c5ccc(C(C)(C)C)cc5c5cc(C(C)(C)C)cc(-c6cccc(C(C)(C)C)c6)c5n-3c24)c1. The van der Waals surface area contributed by atoms with Crippen molar-refractivity contribution in [1.82, 2.24) is 13.7 Å². The molecule has 3 nitrogen and oxygen atoms in total. The van der Waals surface area contributed by atoms with Gasteiger partial charge in [-0.3, -0.25) is 0 Å². The molecular formula is C114H104BN3. The monoisotopic (exact) mass is 1530 g/mol. The maximum absolute atomic E-state index is 2.86. The normalized spacial score (nSPS) is 13.2. The molecule has 18 aromatic rings. The van der Waals surface area contributed by atoms with Gasteiger partial charge in [-0.2, -0.15) is 0 Å². The van der Waals surface area contributed by atoms with Crippen molar-refractivity contribution in [2.24, 2.45) is 0 Å². The maximum Gasteiger partial charge on any atom is 0.252 e. The molecule has 15 aromatic carbocycles. The van der Waals surface area contributed by atoms with Crippen LogP contribution in [0.15, 0.2) is 303 Å². The molecule has 5 heterocycles. The van der Waals surface area contributed by atoms with E-state index in [0.29, 0.717) is 0 Å². The summed E-state index contributed by atoms with van der Waals surface area (Å²) >= 11 is 0. The van der Waals surface area contributed by atoms with Gasteiger partial charge in [-0.15, -0.1) is 0 Å². The molecular weight excluding hydrogens is 1420 g/mol. The van der Waals surface area contributed by atoms with Crippen molar-refractivity contribution in [2.75, 3.05) is 0 Å². The van der Waals surface area contributed by atoms with E-state index in [0.717, 1.165) is 61.4 Å². The molecule has 0 N–H and O–H groups in total. The topological polar surface area (TPSA) is 14.8 Å². The highest BCUT2D eigenvalue weighted by Gasteiger charge is 2.43. The zero-order valence-electron chi connectivity index (χ0n) is 71.8. The largest absolute Gasteiger partial charge is 0.309 e. The summed E-state index contributed by atoms with van der Waals surface area (Å²) in [5.41, 5.74) is 29.8. The van der Waals surface area contributed by atoms with Crippen molar-refractivity contribution >= 4 is 132 Å². The summed E-state index contributed by atoms with van der Waals surface area (Å²) in [7, 11) is 0. The Kier molecular flexibility index (Phi) is 16.8. The molecule has 0 saturated heterocycles. The first-order valence-corrected chi connectivity index (χ1v) is 42.7. The van der Waals surface area contributed by atoms with E-state index in [2.05, 4.69) is 442 Å². The van der Waals surface area contributed by atoms with E-state index in [1.165, 1.54) is 158 Å². The number of aromatic nitrogens is 3. The van der Waals surface area contributed by atoms with Gasteiger partial charge in [0.25, 0.3) is 6.71 Å². The summed E-state index contributed by atoms with van der Waals surface area (Å²) in [6, 6.07) is 120. The van der Waals surface area contributed by atoms with Crippen molar-refractivity contribution in [1.29, 1.82) is 0 Å². The molecule has 0 spiro atoms. The predicted octanol–water partition coefficient (Wildman–Crippen LogP) is 29.4. The Bertz CT molecular complexity index is 7020. The summed E-state index contributed by atoms with van der Waals surface area (Å²) in [4.78, 5) is 0. The predicted molar refractivity (Wildman–Crippen MR) is 513 cm³/mol. The zero-order valence-corrected chi connectivity index (χ0v) is 71.8. The second-order valence-electron chi connectivity index (χ2n) is 40.1. The van der Waals surface area contributed by atoms with Crippen LogP contribution in [-0.4, -0.2) is 20.4 Å². The number of benzene rings is 15. The van der Waals surface area contributed by atoms with Crippen molar-refractivity contribution in [2.45, 2.75) is 157 Å². The van der Waals surface area contributed by atoms with E-state index in [4.69, 9.17) is 0 Å². The second kappa shape index (κ2) is 26.6. The number of para-hydroxylation sites is 2. The summed E-state index contributed by atoms with van der Waals surface area (Å²) < 4.78 is 8.34. The standard InChI is InChI=1S/C114H104BN3/c1-109(2,3)75-41-33-39-71(55-75)90-63-79(113(13,14)15)65-96-92-61-77(111(7,8)9)51-53-86(92)82-43-25-27-45-84(82)94-57-73(69-35-21-19-22-36-69)59-98-107(94)117(105(90)96)102-67-81(116-100-49-31-29-47-88(100)89-48-30-32-50-101(89)116)68-103-104(102)115(98)99-60-74(70-37-23-20-24-38-70)58-95-85-46-28-26-44-83(85)87-54-52-78(112(10,11)12)62-93(87)97-66-80(114(16,17)18)64-91(106(97)118(103)108(95)99)72-40-34-42-76(56-72)110(4,5)6/h19-68H,1-18H3. The van der Waals surface area contributed by atoms with E-state index < -0.39 is 0 Å². The zero-order chi connectivity index (χ0) is 81.8. The molecule has 0 saturated carbocycles. The van der Waals surface area contributed by atoms with Crippen LogP contribution in [0.2, 0.25) is 0 Å². The average Bonchev–Trinajstić information content (AvgIpc) is 1.17. The molecule has 2 aliphatic rings. The molecule has 0 radical (unpaired) electrons. The third-order valence-electron chi connectivity index (χ3n) is 26.1. The Balaban J connectivity index is 1.17. The van der Waals surface area contributed by atoms with Crippen LogP contribution in [0.3, 0.4) is 0 Å². The summed E-state index contributed by atoms with van der Waals surface area (Å²) in [6.07, 6.45) is 0. The fourth-order valence-electron chi connectivity index (χ4n) is 19.7. The molecule has 0 unspecified atom stereocenters. The quantitative estimate of drug-likeness (QED) is 0.153. The van der Waals surface area contributed by atoms with Gasteiger partial charge in [0.05, 0.1) is 27.8 Å². The molecule has 578 valence electrons. The Labute approximate surface area is 696 Å². The van der Waals surface area contributed by atoms with Crippen LogP contribution in [0, 0.1) is 0 Å². The maximum atomic E-state index is 2.86. The summed E-state index contributed by atoms with van der Waals surface area (Å²) in [5.74, 6) is 0. The number of rotatable bonds is 5. The number of hydrogen-bond donors (Lipinski definition) is 0. The van der Waals surface area contributed by atoms with Crippen LogP contribution in [0.25, 0.3) is 170 Å². The van der Waals surface area contributed by atoms with Gasteiger partial charge in [-0.05, 0) is 232 Å². The lowest BCUT2D eigenvalue weighted by molar-refractivity contribution is 0.589. The fraction of sp³-hybridized carbons (Fsp3) is 0.211. The second-order valence-corrected chi connectivity index (χ2v) is 40.1. The highest BCUT2D eigenvalue weighted by molar-refractivity contribution is 7.00. The molecule has 0 amide bonds. The fourth-order valence-corrected chi connectivity index (χ4v) is 19.7. The Morgan fingerprint density at radius 1 is 0.195 bits per heavy atom. The lowest BCUT2D eigenvalue weighted by Crippen LogP contribution is -2.60. The van der Waals surface area contributed by atoms with Gasteiger partial charge in [-0.1, -0.05) is 355 Å². The molecule has 0 fully saturated rings. The molecule has 3 aromatic heterocycles. The minimum atomic E-state index is -0.389. The first-order chi connectivity index (χ1) is 56.3. The van der Waals surface area contributed by atoms with Gasteiger partial charge < -0.3 is 13.7 Å².